The molecule has 0 fully saturated rings. The summed E-state index contributed by atoms with van der Waals surface area (Å²) in [5.41, 5.74) is 0.308. The molecule has 0 aliphatic carbocycles. The van der Waals surface area contributed by atoms with Gasteiger partial charge in [0.15, 0.2) is 0 Å². The van der Waals surface area contributed by atoms with Gasteiger partial charge in [-0.05, 0) is 37.1 Å². The Morgan fingerprint density at radius 2 is 1.00 bits per heavy atom. The van der Waals surface area contributed by atoms with E-state index >= 15 is 0 Å². The molecule has 0 spiro atoms. The number of hydrogen-bond acceptors (Lipinski definition) is 8. The Morgan fingerprint density at radius 3 is 1.37 bits per heavy atom. The lowest BCUT2D eigenvalue weighted by molar-refractivity contribution is -0.136. The summed E-state index contributed by atoms with van der Waals surface area (Å²) in [5.74, 6) is -2.03. The van der Waals surface area contributed by atoms with Crippen molar-refractivity contribution in [1.82, 2.24) is 0 Å². The lowest BCUT2D eigenvalue weighted by atomic mass is 10.2. The van der Waals surface area contributed by atoms with E-state index in [4.69, 9.17) is 9.47 Å². The molecule has 0 saturated heterocycles. The number of ether oxygens (including phenoxy) is 4. The second kappa shape index (κ2) is 11.4. The van der Waals surface area contributed by atoms with E-state index < -0.39 is 23.9 Å². The quantitative estimate of drug-likeness (QED) is 0.350. The van der Waals surface area contributed by atoms with Crippen molar-refractivity contribution in [3.05, 3.63) is 59.7 Å². The maximum absolute atomic E-state index is 12.0. The van der Waals surface area contributed by atoms with Crippen LogP contribution in [-0.4, -0.2) is 38.1 Å². The van der Waals surface area contributed by atoms with E-state index in [2.05, 4.69) is 9.47 Å². The molecule has 0 atom stereocenters. The van der Waals surface area contributed by atoms with Crippen molar-refractivity contribution in [2.24, 2.45) is 0 Å². The Labute approximate surface area is 173 Å². The monoisotopic (exact) mass is 414 g/mol. The van der Waals surface area contributed by atoms with Gasteiger partial charge in [0.2, 0.25) is 0 Å². The molecule has 0 aromatic heterocycles. The first kappa shape index (κ1) is 22.6. The van der Waals surface area contributed by atoms with E-state index in [0.29, 0.717) is 12.8 Å². The number of benzene rings is 2. The highest BCUT2D eigenvalue weighted by Gasteiger charge is 2.17. The van der Waals surface area contributed by atoms with Crippen LogP contribution >= 0.6 is 0 Å². The van der Waals surface area contributed by atoms with E-state index in [-0.39, 0.29) is 35.5 Å². The summed E-state index contributed by atoms with van der Waals surface area (Å²) < 4.78 is 19.7. The molecule has 8 heteroatoms. The minimum absolute atomic E-state index is 0.0571. The average molecular weight is 414 g/mol. The molecular weight excluding hydrogens is 392 g/mol. The molecule has 0 heterocycles. The third kappa shape index (κ3) is 6.44. The van der Waals surface area contributed by atoms with Crippen molar-refractivity contribution in [1.29, 1.82) is 0 Å². The van der Waals surface area contributed by atoms with Crippen molar-refractivity contribution >= 4 is 23.9 Å². The minimum atomic E-state index is -0.603. The maximum atomic E-state index is 12.0. The van der Waals surface area contributed by atoms with Gasteiger partial charge in [0.05, 0.1) is 14.2 Å². The largest absolute Gasteiger partial charge is 0.465 e. The highest BCUT2D eigenvalue weighted by atomic mass is 16.6. The van der Waals surface area contributed by atoms with Gasteiger partial charge in [0.1, 0.15) is 22.6 Å². The molecule has 158 valence electrons. The highest BCUT2D eigenvalue weighted by molar-refractivity contribution is 5.94. The van der Waals surface area contributed by atoms with Crippen LogP contribution in [0.4, 0.5) is 0 Å². The molecule has 2 rings (SSSR count). The predicted molar refractivity (Wildman–Crippen MR) is 105 cm³/mol. The van der Waals surface area contributed by atoms with Crippen LogP contribution in [0.15, 0.2) is 48.5 Å². The van der Waals surface area contributed by atoms with Crippen LogP contribution in [0.3, 0.4) is 0 Å². The second-order valence-electron chi connectivity index (χ2n) is 6.13. The van der Waals surface area contributed by atoms with Crippen LogP contribution in [0.25, 0.3) is 0 Å². The zero-order valence-electron chi connectivity index (χ0n) is 16.7. The molecule has 0 N–H and O–H groups in total. The van der Waals surface area contributed by atoms with Crippen LogP contribution < -0.4 is 9.47 Å². The first-order valence-electron chi connectivity index (χ1n) is 9.22. The number of unbranched alkanes of at least 4 members (excludes halogenated alkanes) is 1. The normalized spacial score (nSPS) is 10.1. The molecule has 0 bridgehead atoms. The number of para-hydroxylation sites is 2. The smallest absolute Gasteiger partial charge is 0.341 e. The fourth-order valence-corrected chi connectivity index (χ4v) is 2.55. The van der Waals surface area contributed by atoms with Crippen LogP contribution in [0.2, 0.25) is 0 Å². The van der Waals surface area contributed by atoms with Crippen molar-refractivity contribution in [2.45, 2.75) is 25.7 Å². The fraction of sp³-hybridized carbons (Fsp3) is 0.273. The van der Waals surface area contributed by atoms with Gasteiger partial charge in [0, 0.05) is 12.8 Å². The second-order valence-corrected chi connectivity index (χ2v) is 6.13. The Hall–Kier alpha value is -3.68. The predicted octanol–water partition coefficient (Wildman–Crippen LogP) is 3.33. The van der Waals surface area contributed by atoms with E-state index in [9.17, 15) is 19.2 Å². The minimum Gasteiger partial charge on any atom is -0.465 e. The Balaban J connectivity index is 1.79. The molecule has 30 heavy (non-hydrogen) atoms. The summed E-state index contributed by atoms with van der Waals surface area (Å²) in [7, 11) is 2.48. The molecule has 8 nitrogen and oxygen atoms in total. The summed E-state index contributed by atoms with van der Waals surface area (Å²) in [5, 5.41) is 0. The van der Waals surface area contributed by atoms with Gasteiger partial charge in [0.25, 0.3) is 0 Å². The highest BCUT2D eigenvalue weighted by Crippen LogP contribution is 2.21. The zero-order chi connectivity index (χ0) is 21.9. The molecule has 0 amide bonds. The van der Waals surface area contributed by atoms with Gasteiger partial charge in [-0.25, -0.2) is 9.59 Å². The number of hydrogen-bond donors (Lipinski definition) is 0. The lowest BCUT2D eigenvalue weighted by Gasteiger charge is -2.09. The first-order valence-corrected chi connectivity index (χ1v) is 9.22. The van der Waals surface area contributed by atoms with Crippen LogP contribution in [0.5, 0.6) is 11.5 Å². The van der Waals surface area contributed by atoms with Crippen molar-refractivity contribution in [3.8, 4) is 11.5 Å². The third-order valence-corrected chi connectivity index (χ3v) is 4.04. The summed E-state index contributed by atoms with van der Waals surface area (Å²) in [4.78, 5) is 47.4. The Bertz CT molecular complexity index is 843. The summed E-state index contributed by atoms with van der Waals surface area (Å²) in [6, 6.07) is 12.5. The van der Waals surface area contributed by atoms with Crippen molar-refractivity contribution in [2.75, 3.05) is 14.2 Å². The molecule has 0 saturated carbocycles. The van der Waals surface area contributed by atoms with Crippen LogP contribution in [0.1, 0.15) is 46.4 Å². The third-order valence-electron chi connectivity index (χ3n) is 4.04. The zero-order valence-corrected chi connectivity index (χ0v) is 16.7. The van der Waals surface area contributed by atoms with E-state index in [1.165, 1.54) is 38.5 Å². The van der Waals surface area contributed by atoms with E-state index in [0.717, 1.165) is 0 Å². The van der Waals surface area contributed by atoms with E-state index in [1.807, 2.05) is 0 Å². The summed E-state index contributed by atoms with van der Waals surface area (Å²) in [6.45, 7) is 0. The topological polar surface area (TPSA) is 105 Å². The molecule has 0 aliphatic rings. The van der Waals surface area contributed by atoms with Crippen LogP contribution in [-0.2, 0) is 19.1 Å². The molecular formula is C22H22O8. The molecule has 0 aliphatic heterocycles. The van der Waals surface area contributed by atoms with Crippen LogP contribution in [0, 0.1) is 0 Å². The summed E-state index contributed by atoms with van der Waals surface area (Å²) in [6.07, 6.45) is 0.878. The molecule has 2 aromatic carbocycles. The number of methoxy groups -OCH3 is 2. The van der Waals surface area contributed by atoms with Gasteiger partial charge < -0.3 is 18.9 Å². The number of esters is 4. The Morgan fingerprint density at radius 1 is 0.633 bits per heavy atom. The van der Waals surface area contributed by atoms with E-state index in [1.54, 1.807) is 24.3 Å². The van der Waals surface area contributed by atoms with Gasteiger partial charge in [-0.1, -0.05) is 24.3 Å². The standard InChI is InChI=1S/C22H22O8/c1-27-21(25)15-9-3-5-11-17(15)29-19(23)13-7-8-14-20(24)30-18-12-6-4-10-16(18)22(26)28-2/h3-6,9-12H,7-8,13-14H2,1-2H3. The molecule has 0 unspecified atom stereocenters. The SMILES string of the molecule is COC(=O)c1ccccc1OC(=O)CCCCC(=O)Oc1ccccc1C(=O)OC. The molecule has 2 aromatic rings. The number of carbonyl (C=O) groups is 4. The molecule has 0 radical (unpaired) electrons. The Kier molecular flexibility index (Phi) is 8.56. The number of carbonyl (C=O) groups excluding carboxylic acids is 4. The fourth-order valence-electron chi connectivity index (χ4n) is 2.55. The van der Waals surface area contributed by atoms with Gasteiger partial charge in [-0.2, -0.15) is 0 Å². The van der Waals surface area contributed by atoms with Crippen molar-refractivity contribution in [3.63, 3.8) is 0 Å². The first-order chi connectivity index (χ1) is 14.5. The van der Waals surface area contributed by atoms with Gasteiger partial charge >= 0.3 is 23.9 Å². The van der Waals surface area contributed by atoms with Crippen molar-refractivity contribution < 1.29 is 38.1 Å². The van der Waals surface area contributed by atoms with Gasteiger partial charge in [-0.15, -0.1) is 0 Å². The number of rotatable bonds is 9. The van der Waals surface area contributed by atoms with Gasteiger partial charge in [-0.3, -0.25) is 9.59 Å². The summed E-state index contributed by atoms with van der Waals surface area (Å²) >= 11 is 0. The maximum Gasteiger partial charge on any atom is 0.341 e. The lowest BCUT2D eigenvalue weighted by Crippen LogP contribution is -2.13. The average Bonchev–Trinajstić information content (AvgIpc) is 2.76.